The number of likely N-dealkylation sites (tertiary alicyclic amines) is 1. The number of hydrogen-bond donors (Lipinski definition) is 1. The Morgan fingerprint density at radius 3 is 2.24 bits per heavy atom. The number of rotatable bonds is 4. The molecule has 1 N–H and O–H groups in total. The van der Waals surface area contributed by atoms with Gasteiger partial charge in [0.05, 0.1) is 0 Å². The highest BCUT2D eigenvalue weighted by atomic mass is 15.1. The van der Waals surface area contributed by atoms with Gasteiger partial charge in [-0.3, -0.25) is 0 Å². The van der Waals surface area contributed by atoms with Crippen molar-refractivity contribution in [3.63, 3.8) is 0 Å². The van der Waals surface area contributed by atoms with Crippen LogP contribution in [0.5, 0.6) is 0 Å². The largest absolute Gasteiger partial charge is 0.316 e. The number of nitrogens with one attached hydrogen (secondary N) is 1. The zero-order chi connectivity index (χ0) is 12.3. The van der Waals surface area contributed by atoms with E-state index in [1.807, 2.05) is 0 Å². The van der Waals surface area contributed by atoms with Crippen LogP contribution in [0, 0.1) is 17.3 Å². The molecule has 0 bridgehead atoms. The van der Waals surface area contributed by atoms with Crippen LogP contribution >= 0.6 is 0 Å². The van der Waals surface area contributed by atoms with Crippen LogP contribution in [0.4, 0.5) is 0 Å². The van der Waals surface area contributed by atoms with Crippen LogP contribution in [0.3, 0.4) is 0 Å². The van der Waals surface area contributed by atoms with Crippen LogP contribution in [-0.4, -0.2) is 37.6 Å². The Balaban J connectivity index is 1.79. The van der Waals surface area contributed by atoms with E-state index in [0.717, 1.165) is 11.8 Å². The summed E-state index contributed by atoms with van der Waals surface area (Å²) in [6.07, 6.45) is 5.60. The fraction of sp³-hybridized carbons (Fsp3) is 1.00. The Morgan fingerprint density at radius 2 is 1.76 bits per heavy atom. The molecule has 2 heterocycles. The first-order valence-electron chi connectivity index (χ1n) is 7.62. The average Bonchev–Trinajstić information content (AvgIpc) is 2.77. The Morgan fingerprint density at radius 1 is 1.12 bits per heavy atom. The van der Waals surface area contributed by atoms with Crippen LogP contribution in [0.15, 0.2) is 0 Å². The Kier molecular flexibility index (Phi) is 4.48. The van der Waals surface area contributed by atoms with Crippen LogP contribution < -0.4 is 5.32 Å². The topological polar surface area (TPSA) is 15.3 Å². The van der Waals surface area contributed by atoms with E-state index in [9.17, 15) is 0 Å². The lowest BCUT2D eigenvalue weighted by Crippen LogP contribution is -2.42. The molecule has 0 aromatic heterocycles. The molecule has 2 aliphatic heterocycles. The van der Waals surface area contributed by atoms with Crippen molar-refractivity contribution >= 4 is 0 Å². The van der Waals surface area contributed by atoms with Crippen molar-refractivity contribution < 1.29 is 0 Å². The molecule has 2 heteroatoms. The maximum atomic E-state index is 3.52. The van der Waals surface area contributed by atoms with Gasteiger partial charge in [0.2, 0.25) is 0 Å². The summed E-state index contributed by atoms with van der Waals surface area (Å²) < 4.78 is 0. The lowest BCUT2D eigenvalue weighted by atomic mass is 9.74. The highest BCUT2D eigenvalue weighted by Gasteiger charge is 2.33. The highest BCUT2D eigenvalue weighted by molar-refractivity contribution is 4.87. The van der Waals surface area contributed by atoms with Crippen molar-refractivity contribution in [2.24, 2.45) is 17.3 Å². The number of piperidine rings is 1. The molecule has 2 rings (SSSR count). The molecule has 2 fully saturated rings. The van der Waals surface area contributed by atoms with Gasteiger partial charge in [0.15, 0.2) is 0 Å². The normalized spacial score (nSPS) is 34.1. The van der Waals surface area contributed by atoms with Gasteiger partial charge in [0, 0.05) is 6.54 Å². The Labute approximate surface area is 107 Å². The SMILES string of the molecule is CCC1(CC)CCN(CC2CNCC2C)CC1. The lowest BCUT2D eigenvalue weighted by molar-refractivity contribution is 0.0822. The minimum Gasteiger partial charge on any atom is -0.316 e. The minimum atomic E-state index is 0.677. The maximum Gasteiger partial charge on any atom is 0.00248 e. The average molecular weight is 238 g/mol. The predicted molar refractivity (Wildman–Crippen MR) is 74.2 cm³/mol. The first-order valence-corrected chi connectivity index (χ1v) is 7.62. The van der Waals surface area contributed by atoms with Crippen LogP contribution in [0.1, 0.15) is 46.5 Å². The number of hydrogen-bond acceptors (Lipinski definition) is 2. The van der Waals surface area contributed by atoms with E-state index in [1.165, 1.54) is 58.4 Å². The van der Waals surface area contributed by atoms with E-state index in [-0.39, 0.29) is 0 Å². The molecule has 2 aliphatic rings. The first-order chi connectivity index (χ1) is 8.19. The summed E-state index contributed by atoms with van der Waals surface area (Å²) in [6.45, 7) is 13.6. The minimum absolute atomic E-state index is 0.677. The molecule has 0 aliphatic carbocycles. The van der Waals surface area contributed by atoms with E-state index in [0.29, 0.717) is 5.41 Å². The van der Waals surface area contributed by atoms with E-state index >= 15 is 0 Å². The molecule has 2 unspecified atom stereocenters. The van der Waals surface area contributed by atoms with Crippen LogP contribution in [-0.2, 0) is 0 Å². The van der Waals surface area contributed by atoms with Gasteiger partial charge in [-0.25, -0.2) is 0 Å². The third-order valence-corrected chi connectivity index (χ3v) is 5.59. The van der Waals surface area contributed by atoms with E-state index in [1.54, 1.807) is 0 Å². The molecule has 0 aromatic rings. The lowest BCUT2D eigenvalue weighted by Gasteiger charge is -2.42. The molecule has 17 heavy (non-hydrogen) atoms. The molecular weight excluding hydrogens is 208 g/mol. The van der Waals surface area contributed by atoms with Gasteiger partial charge in [0.1, 0.15) is 0 Å². The second-order valence-corrected chi connectivity index (χ2v) is 6.40. The zero-order valence-corrected chi connectivity index (χ0v) is 12.0. The molecule has 0 spiro atoms. The fourth-order valence-electron chi connectivity index (χ4n) is 3.61. The predicted octanol–water partition coefficient (Wildman–Crippen LogP) is 2.74. The third kappa shape index (κ3) is 3.03. The highest BCUT2D eigenvalue weighted by Crippen LogP contribution is 2.38. The molecule has 100 valence electrons. The van der Waals surface area contributed by atoms with Crippen molar-refractivity contribution in [2.45, 2.75) is 46.5 Å². The molecule has 0 radical (unpaired) electrons. The smallest absolute Gasteiger partial charge is 0.00248 e. The summed E-state index contributed by atoms with van der Waals surface area (Å²) in [4.78, 5) is 2.72. The summed E-state index contributed by atoms with van der Waals surface area (Å²) in [5, 5.41) is 3.52. The molecule has 0 aromatic carbocycles. The fourth-order valence-corrected chi connectivity index (χ4v) is 3.61. The van der Waals surface area contributed by atoms with Gasteiger partial charge in [-0.1, -0.05) is 33.6 Å². The van der Waals surface area contributed by atoms with E-state index in [4.69, 9.17) is 0 Å². The zero-order valence-electron chi connectivity index (χ0n) is 12.0. The van der Waals surface area contributed by atoms with Gasteiger partial charge in [-0.05, 0) is 56.3 Å². The van der Waals surface area contributed by atoms with Crippen molar-refractivity contribution in [1.82, 2.24) is 10.2 Å². The monoisotopic (exact) mass is 238 g/mol. The van der Waals surface area contributed by atoms with Crippen LogP contribution in [0.2, 0.25) is 0 Å². The molecule has 2 nitrogen and oxygen atoms in total. The summed E-state index contributed by atoms with van der Waals surface area (Å²) in [5.41, 5.74) is 0.677. The first kappa shape index (κ1) is 13.4. The molecule has 2 atom stereocenters. The third-order valence-electron chi connectivity index (χ3n) is 5.59. The van der Waals surface area contributed by atoms with Crippen molar-refractivity contribution in [3.05, 3.63) is 0 Å². The Hall–Kier alpha value is -0.0800. The van der Waals surface area contributed by atoms with Crippen LogP contribution in [0.25, 0.3) is 0 Å². The summed E-state index contributed by atoms with van der Waals surface area (Å²) in [7, 11) is 0. The summed E-state index contributed by atoms with van der Waals surface area (Å²) in [6, 6.07) is 0. The Bertz CT molecular complexity index is 225. The van der Waals surface area contributed by atoms with Gasteiger partial charge in [0.25, 0.3) is 0 Å². The van der Waals surface area contributed by atoms with E-state index < -0.39 is 0 Å². The quantitative estimate of drug-likeness (QED) is 0.810. The van der Waals surface area contributed by atoms with Gasteiger partial charge >= 0.3 is 0 Å². The van der Waals surface area contributed by atoms with Crippen molar-refractivity contribution in [3.8, 4) is 0 Å². The molecule has 0 saturated carbocycles. The van der Waals surface area contributed by atoms with Crippen molar-refractivity contribution in [2.75, 3.05) is 32.7 Å². The van der Waals surface area contributed by atoms with Gasteiger partial charge < -0.3 is 10.2 Å². The second-order valence-electron chi connectivity index (χ2n) is 6.40. The van der Waals surface area contributed by atoms with Gasteiger partial charge in [-0.2, -0.15) is 0 Å². The van der Waals surface area contributed by atoms with Gasteiger partial charge in [-0.15, -0.1) is 0 Å². The maximum absolute atomic E-state index is 3.52. The second kappa shape index (κ2) is 5.71. The van der Waals surface area contributed by atoms with Crippen molar-refractivity contribution in [1.29, 1.82) is 0 Å². The molecular formula is C15H30N2. The summed E-state index contributed by atoms with van der Waals surface area (Å²) >= 11 is 0. The van der Waals surface area contributed by atoms with E-state index in [2.05, 4.69) is 31.0 Å². The summed E-state index contributed by atoms with van der Waals surface area (Å²) in [5.74, 6) is 1.77. The standard InChI is InChI=1S/C15H30N2/c1-4-15(5-2)6-8-17(9-7-15)12-14-11-16-10-13(14)3/h13-14,16H,4-12H2,1-3H3. The molecule has 2 saturated heterocycles. The molecule has 0 amide bonds. The number of nitrogens with zero attached hydrogens (tertiary/aromatic N) is 1.